The highest BCUT2D eigenvalue weighted by molar-refractivity contribution is 5.74. The molecule has 0 aromatic carbocycles. The lowest BCUT2D eigenvalue weighted by atomic mass is 10.0. The van der Waals surface area contributed by atoms with Crippen molar-refractivity contribution in [2.45, 2.75) is 44.6 Å². The molecule has 0 aliphatic carbocycles. The number of likely N-dealkylation sites (tertiary alicyclic amines) is 1. The number of amides is 2. The van der Waals surface area contributed by atoms with E-state index in [2.05, 4.69) is 17.3 Å². The zero-order valence-corrected chi connectivity index (χ0v) is 12.6. The summed E-state index contributed by atoms with van der Waals surface area (Å²) in [7, 11) is 3.96. The number of nitrogens with one attached hydrogen (secondary N) is 1. The average molecular weight is 285 g/mol. The lowest BCUT2D eigenvalue weighted by Gasteiger charge is -2.35. The molecular formula is C14H27N3O3. The number of urea groups is 1. The van der Waals surface area contributed by atoms with Crippen LogP contribution in [0, 0.1) is 0 Å². The number of aliphatic carboxylic acids is 1. The fourth-order valence-electron chi connectivity index (χ4n) is 2.45. The van der Waals surface area contributed by atoms with E-state index < -0.39 is 5.97 Å². The van der Waals surface area contributed by atoms with Gasteiger partial charge in [0.05, 0.1) is 0 Å². The molecule has 0 aromatic heterocycles. The third-order valence-corrected chi connectivity index (χ3v) is 3.90. The van der Waals surface area contributed by atoms with Gasteiger partial charge in [-0.05, 0) is 45.8 Å². The van der Waals surface area contributed by atoms with Gasteiger partial charge in [0.2, 0.25) is 0 Å². The van der Waals surface area contributed by atoms with Gasteiger partial charge in [-0.1, -0.05) is 6.42 Å². The van der Waals surface area contributed by atoms with Crippen molar-refractivity contribution in [2.75, 3.05) is 33.7 Å². The van der Waals surface area contributed by atoms with Crippen molar-refractivity contribution >= 4 is 12.0 Å². The molecule has 0 saturated carbocycles. The van der Waals surface area contributed by atoms with Crippen molar-refractivity contribution in [3.63, 3.8) is 0 Å². The molecule has 1 heterocycles. The number of piperidine rings is 1. The second kappa shape index (κ2) is 8.79. The molecule has 2 N–H and O–H groups in total. The van der Waals surface area contributed by atoms with Gasteiger partial charge in [-0.25, -0.2) is 4.79 Å². The van der Waals surface area contributed by atoms with E-state index in [-0.39, 0.29) is 12.5 Å². The van der Waals surface area contributed by atoms with Crippen LogP contribution in [0.25, 0.3) is 0 Å². The largest absolute Gasteiger partial charge is 0.481 e. The van der Waals surface area contributed by atoms with Crippen molar-refractivity contribution in [3.8, 4) is 0 Å². The molecule has 1 aliphatic heterocycles. The SMILES string of the molecule is CN1CCC(N(C)C(=O)NCCCCCC(=O)O)CC1. The first-order chi connectivity index (χ1) is 9.50. The van der Waals surface area contributed by atoms with Crippen molar-refractivity contribution in [1.82, 2.24) is 15.1 Å². The van der Waals surface area contributed by atoms with Crippen LogP contribution < -0.4 is 5.32 Å². The van der Waals surface area contributed by atoms with Gasteiger partial charge in [-0.3, -0.25) is 4.79 Å². The molecule has 20 heavy (non-hydrogen) atoms. The predicted molar refractivity (Wildman–Crippen MR) is 77.8 cm³/mol. The third-order valence-electron chi connectivity index (χ3n) is 3.90. The first-order valence-electron chi connectivity index (χ1n) is 7.41. The Bertz CT molecular complexity index is 315. The smallest absolute Gasteiger partial charge is 0.317 e. The second-order valence-corrected chi connectivity index (χ2v) is 5.58. The average Bonchev–Trinajstić information content (AvgIpc) is 2.42. The van der Waals surface area contributed by atoms with Crippen LogP contribution >= 0.6 is 0 Å². The van der Waals surface area contributed by atoms with Gasteiger partial charge in [0.1, 0.15) is 0 Å². The minimum Gasteiger partial charge on any atom is -0.481 e. The number of unbranched alkanes of at least 4 members (excludes halogenated alkanes) is 2. The van der Waals surface area contributed by atoms with Gasteiger partial charge in [0.15, 0.2) is 0 Å². The number of rotatable bonds is 7. The summed E-state index contributed by atoms with van der Waals surface area (Å²) in [6.07, 6.45) is 4.61. The van der Waals surface area contributed by atoms with Crippen molar-refractivity contribution in [2.24, 2.45) is 0 Å². The highest BCUT2D eigenvalue weighted by Crippen LogP contribution is 2.14. The quantitative estimate of drug-likeness (QED) is 0.693. The molecule has 0 aromatic rings. The van der Waals surface area contributed by atoms with Crippen molar-refractivity contribution < 1.29 is 14.7 Å². The number of carbonyl (C=O) groups is 2. The second-order valence-electron chi connectivity index (χ2n) is 5.58. The molecule has 0 unspecified atom stereocenters. The maximum atomic E-state index is 12.0. The normalized spacial score (nSPS) is 16.9. The fraction of sp³-hybridized carbons (Fsp3) is 0.857. The van der Waals surface area contributed by atoms with E-state index in [0.29, 0.717) is 19.0 Å². The van der Waals surface area contributed by atoms with Crippen molar-refractivity contribution in [1.29, 1.82) is 0 Å². The molecule has 6 heteroatoms. The first-order valence-corrected chi connectivity index (χ1v) is 7.41. The van der Waals surface area contributed by atoms with Crippen LogP contribution in [0.5, 0.6) is 0 Å². The zero-order valence-electron chi connectivity index (χ0n) is 12.6. The van der Waals surface area contributed by atoms with Crippen LogP contribution in [0.3, 0.4) is 0 Å². The van der Waals surface area contributed by atoms with E-state index in [1.807, 2.05) is 11.9 Å². The van der Waals surface area contributed by atoms with Crippen LogP contribution in [0.15, 0.2) is 0 Å². The maximum absolute atomic E-state index is 12.0. The molecule has 6 nitrogen and oxygen atoms in total. The Balaban J connectivity index is 2.11. The topological polar surface area (TPSA) is 72.9 Å². The van der Waals surface area contributed by atoms with Gasteiger partial charge in [-0.2, -0.15) is 0 Å². The van der Waals surface area contributed by atoms with Crippen molar-refractivity contribution in [3.05, 3.63) is 0 Å². The van der Waals surface area contributed by atoms with E-state index in [1.165, 1.54) is 0 Å². The molecule has 0 spiro atoms. The molecule has 1 saturated heterocycles. The van der Waals surface area contributed by atoms with Crippen LogP contribution in [-0.4, -0.2) is 66.7 Å². The molecule has 1 fully saturated rings. The van der Waals surface area contributed by atoms with Gasteiger partial charge in [0.25, 0.3) is 0 Å². The first kappa shape index (κ1) is 16.8. The molecule has 2 amide bonds. The Hall–Kier alpha value is -1.30. The Labute approximate surface area is 121 Å². The molecule has 0 bridgehead atoms. The molecular weight excluding hydrogens is 258 g/mol. The minimum absolute atomic E-state index is 0.0159. The van der Waals surface area contributed by atoms with Crippen LogP contribution in [0.2, 0.25) is 0 Å². The Morgan fingerprint density at radius 3 is 2.50 bits per heavy atom. The number of carboxylic acids is 1. The molecule has 0 atom stereocenters. The zero-order chi connectivity index (χ0) is 15.0. The highest BCUT2D eigenvalue weighted by Gasteiger charge is 2.23. The third kappa shape index (κ3) is 6.23. The Kier molecular flexibility index (Phi) is 7.36. The number of nitrogens with zero attached hydrogens (tertiary/aromatic N) is 2. The highest BCUT2D eigenvalue weighted by atomic mass is 16.4. The van der Waals surface area contributed by atoms with E-state index in [4.69, 9.17) is 5.11 Å². The van der Waals surface area contributed by atoms with E-state index in [1.54, 1.807) is 0 Å². The lowest BCUT2D eigenvalue weighted by Crippen LogP contribution is -2.48. The number of hydrogen-bond donors (Lipinski definition) is 2. The van der Waals surface area contributed by atoms with E-state index in [9.17, 15) is 9.59 Å². The standard InChI is InChI=1S/C14H27N3O3/c1-16-10-7-12(8-11-16)17(2)14(20)15-9-5-3-4-6-13(18)19/h12H,3-11H2,1-2H3,(H,15,20)(H,18,19). The van der Waals surface area contributed by atoms with Crippen LogP contribution in [-0.2, 0) is 4.79 Å². The number of hydrogen-bond acceptors (Lipinski definition) is 3. The fourth-order valence-corrected chi connectivity index (χ4v) is 2.45. The molecule has 1 rings (SSSR count). The maximum Gasteiger partial charge on any atom is 0.317 e. The summed E-state index contributed by atoms with van der Waals surface area (Å²) in [4.78, 5) is 26.4. The summed E-state index contributed by atoms with van der Waals surface area (Å²) >= 11 is 0. The van der Waals surface area contributed by atoms with E-state index in [0.717, 1.165) is 38.8 Å². The number of carboxylic acid groups (broad SMARTS) is 1. The van der Waals surface area contributed by atoms with Crippen LogP contribution in [0.4, 0.5) is 4.79 Å². The van der Waals surface area contributed by atoms with Gasteiger partial charge in [0, 0.05) is 26.1 Å². The molecule has 0 radical (unpaired) electrons. The molecule has 1 aliphatic rings. The summed E-state index contributed by atoms with van der Waals surface area (Å²) in [5.74, 6) is -0.754. The minimum atomic E-state index is -0.754. The van der Waals surface area contributed by atoms with Crippen LogP contribution in [0.1, 0.15) is 38.5 Å². The van der Waals surface area contributed by atoms with Gasteiger partial charge < -0.3 is 20.2 Å². The summed E-state index contributed by atoms with van der Waals surface area (Å²) in [6.45, 7) is 2.70. The van der Waals surface area contributed by atoms with Gasteiger partial charge >= 0.3 is 12.0 Å². The monoisotopic (exact) mass is 285 g/mol. The van der Waals surface area contributed by atoms with Gasteiger partial charge in [-0.15, -0.1) is 0 Å². The van der Waals surface area contributed by atoms with E-state index >= 15 is 0 Å². The summed E-state index contributed by atoms with van der Waals surface area (Å²) in [5, 5.41) is 11.4. The summed E-state index contributed by atoms with van der Waals surface area (Å²) < 4.78 is 0. The molecule has 116 valence electrons. The Morgan fingerprint density at radius 2 is 1.90 bits per heavy atom. The number of carbonyl (C=O) groups excluding carboxylic acids is 1. The Morgan fingerprint density at radius 1 is 1.25 bits per heavy atom. The predicted octanol–water partition coefficient (Wildman–Crippen LogP) is 1.37. The lowest BCUT2D eigenvalue weighted by molar-refractivity contribution is -0.137. The summed E-state index contributed by atoms with van der Waals surface area (Å²) in [6, 6.07) is 0.316. The summed E-state index contributed by atoms with van der Waals surface area (Å²) in [5.41, 5.74) is 0.